The van der Waals surface area contributed by atoms with Crippen LogP contribution in [0.25, 0.3) is 11.1 Å². The molecule has 1 fully saturated rings. The maximum atomic E-state index is 11.2. The van der Waals surface area contributed by atoms with Gasteiger partial charge in [-0.3, -0.25) is 4.79 Å². The maximum Gasteiger partial charge on any atom is 0.150 e. The summed E-state index contributed by atoms with van der Waals surface area (Å²) in [5, 5.41) is 0. The molecular weight excluding hydrogens is 232 g/mol. The van der Waals surface area contributed by atoms with Crippen molar-refractivity contribution in [2.75, 3.05) is 0 Å². The minimum atomic E-state index is 0.726. The minimum absolute atomic E-state index is 0.726. The average molecular weight is 250 g/mol. The zero-order chi connectivity index (χ0) is 13.2. The number of benzene rings is 2. The molecule has 0 aromatic heterocycles. The molecule has 1 aliphatic carbocycles. The van der Waals surface area contributed by atoms with E-state index in [0.29, 0.717) is 0 Å². The summed E-state index contributed by atoms with van der Waals surface area (Å²) < 4.78 is 0. The zero-order valence-corrected chi connectivity index (χ0v) is 11.2. The molecule has 1 saturated carbocycles. The van der Waals surface area contributed by atoms with Gasteiger partial charge in [0.05, 0.1) is 0 Å². The van der Waals surface area contributed by atoms with Gasteiger partial charge in [-0.05, 0) is 42.4 Å². The third kappa shape index (κ3) is 2.33. The fourth-order valence-corrected chi connectivity index (χ4v) is 2.72. The van der Waals surface area contributed by atoms with Gasteiger partial charge in [0.1, 0.15) is 0 Å². The Balaban J connectivity index is 2.05. The molecule has 0 atom stereocenters. The van der Waals surface area contributed by atoms with Crippen LogP contribution in [0.2, 0.25) is 0 Å². The molecule has 0 spiro atoms. The Hall–Kier alpha value is -1.89. The van der Waals surface area contributed by atoms with Crippen molar-refractivity contribution >= 4 is 6.29 Å². The summed E-state index contributed by atoms with van der Waals surface area (Å²) in [5.74, 6) is 0.726. The molecule has 1 heteroatoms. The van der Waals surface area contributed by atoms with Crippen LogP contribution in [0, 0.1) is 6.92 Å². The van der Waals surface area contributed by atoms with Gasteiger partial charge in [-0.15, -0.1) is 0 Å². The zero-order valence-electron chi connectivity index (χ0n) is 11.2. The van der Waals surface area contributed by atoms with Crippen LogP contribution in [0.3, 0.4) is 0 Å². The summed E-state index contributed by atoms with van der Waals surface area (Å²) in [7, 11) is 0. The van der Waals surface area contributed by atoms with Crippen LogP contribution in [0.15, 0.2) is 42.5 Å². The normalized spacial score (nSPS) is 15.0. The quantitative estimate of drug-likeness (QED) is 0.719. The lowest BCUT2D eigenvalue weighted by molar-refractivity contribution is 0.112. The topological polar surface area (TPSA) is 17.1 Å². The van der Waals surface area contributed by atoms with Gasteiger partial charge in [0, 0.05) is 5.56 Å². The first-order valence-electron chi connectivity index (χ1n) is 6.94. The summed E-state index contributed by atoms with van der Waals surface area (Å²) in [6, 6.07) is 14.7. The molecule has 0 saturated heterocycles. The van der Waals surface area contributed by atoms with Crippen LogP contribution in [0.1, 0.15) is 46.7 Å². The van der Waals surface area contributed by atoms with Crippen molar-refractivity contribution in [3.05, 3.63) is 59.2 Å². The highest BCUT2D eigenvalue weighted by molar-refractivity contribution is 5.88. The molecule has 3 rings (SSSR count). The molecule has 2 aromatic carbocycles. The fraction of sp³-hybridized carbons (Fsp3) is 0.278. The van der Waals surface area contributed by atoms with Gasteiger partial charge in [0.25, 0.3) is 0 Å². The van der Waals surface area contributed by atoms with E-state index in [-0.39, 0.29) is 0 Å². The van der Waals surface area contributed by atoms with Crippen molar-refractivity contribution in [1.29, 1.82) is 0 Å². The Morgan fingerprint density at radius 1 is 1.11 bits per heavy atom. The number of hydrogen-bond acceptors (Lipinski definition) is 1. The van der Waals surface area contributed by atoms with Crippen molar-refractivity contribution in [2.24, 2.45) is 0 Å². The van der Waals surface area contributed by atoms with Gasteiger partial charge in [-0.25, -0.2) is 0 Å². The third-order valence-corrected chi connectivity index (χ3v) is 4.11. The third-order valence-electron chi connectivity index (χ3n) is 4.11. The molecule has 0 bridgehead atoms. The van der Waals surface area contributed by atoms with E-state index >= 15 is 0 Å². The summed E-state index contributed by atoms with van der Waals surface area (Å²) in [6.07, 6.45) is 4.90. The van der Waals surface area contributed by atoms with Crippen LogP contribution in [0.4, 0.5) is 0 Å². The smallest absolute Gasteiger partial charge is 0.150 e. The molecule has 0 heterocycles. The number of aryl methyl sites for hydroxylation is 1. The van der Waals surface area contributed by atoms with Gasteiger partial charge < -0.3 is 0 Å². The van der Waals surface area contributed by atoms with Crippen molar-refractivity contribution in [3.8, 4) is 11.1 Å². The van der Waals surface area contributed by atoms with Gasteiger partial charge >= 0.3 is 0 Å². The SMILES string of the molecule is Cc1ccc(C=O)c(-c2cccc(C3CCC3)c2)c1. The van der Waals surface area contributed by atoms with E-state index in [0.717, 1.165) is 28.9 Å². The highest BCUT2D eigenvalue weighted by atomic mass is 16.1. The molecule has 0 N–H and O–H groups in total. The number of aldehydes is 1. The Morgan fingerprint density at radius 3 is 2.63 bits per heavy atom. The van der Waals surface area contributed by atoms with Crippen molar-refractivity contribution in [2.45, 2.75) is 32.1 Å². The van der Waals surface area contributed by atoms with E-state index in [4.69, 9.17) is 0 Å². The number of rotatable bonds is 3. The minimum Gasteiger partial charge on any atom is -0.298 e. The molecule has 0 aliphatic heterocycles. The van der Waals surface area contributed by atoms with E-state index in [1.165, 1.54) is 30.4 Å². The second-order valence-corrected chi connectivity index (χ2v) is 5.46. The van der Waals surface area contributed by atoms with E-state index in [2.05, 4.69) is 37.3 Å². The molecular formula is C18H18O. The molecule has 19 heavy (non-hydrogen) atoms. The Morgan fingerprint density at radius 2 is 1.95 bits per heavy atom. The number of hydrogen-bond donors (Lipinski definition) is 0. The van der Waals surface area contributed by atoms with Crippen LogP contribution in [0.5, 0.6) is 0 Å². The largest absolute Gasteiger partial charge is 0.298 e. The van der Waals surface area contributed by atoms with Gasteiger partial charge in [-0.2, -0.15) is 0 Å². The van der Waals surface area contributed by atoms with Gasteiger partial charge in [0.15, 0.2) is 6.29 Å². The lowest BCUT2D eigenvalue weighted by Gasteiger charge is -2.26. The lowest BCUT2D eigenvalue weighted by Crippen LogP contribution is -2.08. The van der Waals surface area contributed by atoms with E-state index in [1.807, 2.05) is 12.1 Å². The first kappa shape index (κ1) is 12.2. The highest BCUT2D eigenvalue weighted by Crippen LogP contribution is 2.38. The second-order valence-electron chi connectivity index (χ2n) is 5.46. The van der Waals surface area contributed by atoms with E-state index in [1.54, 1.807) is 0 Å². The number of carbonyl (C=O) groups excluding carboxylic acids is 1. The van der Waals surface area contributed by atoms with Crippen LogP contribution in [-0.4, -0.2) is 6.29 Å². The van der Waals surface area contributed by atoms with Gasteiger partial charge in [-0.1, -0.05) is 54.4 Å². The highest BCUT2D eigenvalue weighted by Gasteiger charge is 2.19. The predicted octanol–water partition coefficient (Wildman–Crippen LogP) is 4.74. The van der Waals surface area contributed by atoms with Crippen LogP contribution in [-0.2, 0) is 0 Å². The molecule has 96 valence electrons. The fourth-order valence-electron chi connectivity index (χ4n) is 2.72. The Labute approximate surface area is 114 Å². The standard InChI is InChI=1S/C18H18O/c1-13-8-9-17(12-19)18(10-13)16-7-3-6-15(11-16)14-4-2-5-14/h3,6-12,14H,2,4-5H2,1H3. The van der Waals surface area contributed by atoms with Crippen molar-refractivity contribution in [1.82, 2.24) is 0 Å². The maximum absolute atomic E-state index is 11.2. The van der Waals surface area contributed by atoms with E-state index < -0.39 is 0 Å². The molecule has 1 nitrogen and oxygen atoms in total. The van der Waals surface area contributed by atoms with Crippen molar-refractivity contribution in [3.63, 3.8) is 0 Å². The van der Waals surface area contributed by atoms with E-state index in [9.17, 15) is 4.79 Å². The molecule has 1 aliphatic rings. The average Bonchev–Trinajstić information content (AvgIpc) is 2.37. The lowest BCUT2D eigenvalue weighted by atomic mass is 9.79. The summed E-state index contributed by atoms with van der Waals surface area (Å²) in [5.41, 5.74) is 5.60. The molecule has 2 aromatic rings. The first-order valence-corrected chi connectivity index (χ1v) is 6.94. The monoisotopic (exact) mass is 250 g/mol. The summed E-state index contributed by atoms with van der Waals surface area (Å²) in [6.45, 7) is 2.06. The van der Waals surface area contributed by atoms with Gasteiger partial charge in [0.2, 0.25) is 0 Å². The Bertz CT molecular complexity index is 609. The van der Waals surface area contributed by atoms with Crippen molar-refractivity contribution < 1.29 is 4.79 Å². The summed E-state index contributed by atoms with van der Waals surface area (Å²) >= 11 is 0. The second kappa shape index (κ2) is 5.00. The van der Waals surface area contributed by atoms with Crippen LogP contribution >= 0.6 is 0 Å². The van der Waals surface area contributed by atoms with Crippen LogP contribution < -0.4 is 0 Å². The number of carbonyl (C=O) groups is 1. The first-order chi connectivity index (χ1) is 9.28. The molecule has 0 unspecified atom stereocenters. The Kier molecular flexibility index (Phi) is 3.20. The molecule has 0 amide bonds. The predicted molar refractivity (Wildman–Crippen MR) is 78.6 cm³/mol. The molecule has 0 radical (unpaired) electrons. The summed E-state index contributed by atoms with van der Waals surface area (Å²) in [4.78, 5) is 11.2.